The van der Waals surface area contributed by atoms with Gasteiger partial charge in [0, 0.05) is 38.8 Å². The maximum absolute atomic E-state index is 12.8. The van der Waals surface area contributed by atoms with Crippen LogP contribution >= 0.6 is 24.0 Å². The Morgan fingerprint density at radius 1 is 1.09 bits per heavy atom. The van der Waals surface area contributed by atoms with Crippen molar-refractivity contribution in [2.75, 3.05) is 26.2 Å². The minimum atomic E-state index is -0.114. The number of nitrogens with zero attached hydrogens (tertiary/aromatic N) is 5. The highest BCUT2D eigenvalue weighted by Gasteiger charge is 2.58. The average Bonchev–Trinajstić information content (AvgIpc) is 3.59. The summed E-state index contributed by atoms with van der Waals surface area (Å²) in [6.45, 7) is 4.56. The lowest BCUT2D eigenvalue weighted by Crippen LogP contribution is -2.38. The lowest BCUT2D eigenvalue weighted by atomic mass is 9.85. The van der Waals surface area contributed by atoms with E-state index in [1.807, 2.05) is 35.7 Å². The summed E-state index contributed by atoms with van der Waals surface area (Å²) in [5, 5.41) is 15.1. The Morgan fingerprint density at radius 2 is 1.85 bits per heavy atom. The highest BCUT2D eigenvalue weighted by molar-refractivity contribution is 14.0. The lowest BCUT2D eigenvalue weighted by Gasteiger charge is -2.17. The molecular formula is C24H32IN7O2. The smallest absolute Gasteiger partial charge is 0.233 e. The van der Waals surface area contributed by atoms with Gasteiger partial charge < -0.3 is 10.6 Å². The number of aryl methyl sites for hydroxylation is 1. The molecule has 1 saturated carbocycles. The van der Waals surface area contributed by atoms with E-state index in [9.17, 15) is 9.59 Å². The van der Waals surface area contributed by atoms with E-state index in [1.54, 1.807) is 0 Å². The summed E-state index contributed by atoms with van der Waals surface area (Å²) in [6, 6.07) is 5.88. The Bertz CT molecular complexity index is 1070. The number of guanidine groups is 1. The quantitative estimate of drug-likeness (QED) is 0.118. The Balaban J connectivity index is 0.00000274. The fraction of sp³-hybridized carbons (Fsp3) is 0.542. The van der Waals surface area contributed by atoms with E-state index in [4.69, 9.17) is 0 Å². The number of imide groups is 1. The Labute approximate surface area is 216 Å². The first kappa shape index (κ1) is 24.6. The van der Waals surface area contributed by atoms with Crippen LogP contribution in [0.4, 0.5) is 0 Å². The van der Waals surface area contributed by atoms with Crippen LogP contribution in [-0.4, -0.2) is 63.5 Å². The Kier molecular flexibility index (Phi) is 7.84. The number of hydrogen-bond donors (Lipinski definition) is 2. The van der Waals surface area contributed by atoms with Gasteiger partial charge in [-0.25, -0.2) is 0 Å². The summed E-state index contributed by atoms with van der Waals surface area (Å²) in [7, 11) is 0. The van der Waals surface area contributed by atoms with Crippen molar-refractivity contribution >= 4 is 47.4 Å². The van der Waals surface area contributed by atoms with Crippen LogP contribution < -0.4 is 10.6 Å². The van der Waals surface area contributed by atoms with Gasteiger partial charge in [-0.2, -0.15) is 0 Å². The minimum Gasteiger partial charge on any atom is -0.357 e. The van der Waals surface area contributed by atoms with Crippen molar-refractivity contribution < 1.29 is 9.59 Å². The predicted octanol–water partition coefficient (Wildman–Crippen LogP) is 2.03. The first-order valence-corrected chi connectivity index (χ1v) is 12.0. The van der Waals surface area contributed by atoms with Gasteiger partial charge in [-0.15, -0.1) is 34.2 Å². The molecule has 2 aromatic rings. The fourth-order valence-electron chi connectivity index (χ4n) is 5.46. The summed E-state index contributed by atoms with van der Waals surface area (Å²) in [5.74, 6) is 2.05. The summed E-state index contributed by atoms with van der Waals surface area (Å²) >= 11 is 0. The molecule has 10 heteroatoms. The number of amides is 2. The maximum atomic E-state index is 12.8. The minimum absolute atomic E-state index is 0. The topological polar surface area (TPSA) is 104 Å². The molecule has 4 atom stereocenters. The first-order chi connectivity index (χ1) is 16.2. The van der Waals surface area contributed by atoms with Crippen LogP contribution in [0.5, 0.6) is 0 Å². The number of carbonyl (C=O) groups excluding carboxylic acids is 2. The van der Waals surface area contributed by atoms with E-state index in [-0.39, 0.29) is 59.5 Å². The number of aliphatic imine (C=N–C) groups is 1. The zero-order chi connectivity index (χ0) is 22.8. The summed E-state index contributed by atoms with van der Waals surface area (Å²) < 4.78 is 2.01. The number of carbonyl (C=O) groups is 2. The number of pyridine rings is 1. The molecule has 4 unspecified atom stereocenters. The molecular weight excluding hydrogens is 545 g/mol. The molecule has 2 aliphatic carbocycles. The van der Waals surface area contributed by atoms with Crippen LogP contribution in [0.1, 0.15) is 32.0 Å². The molecule has 2 amide bonds. The zero-order valence-electron chi connectivity index (χ0n) is 19.4. The molecule has 9 nitrogen and oxygen atoms in total. The van der Waals surface area contributed by atoms with Gasteiger partial charge in [-0.05, 0) is 50.2 Å². The molecule has 2 fully saturated rings. The number of allylic oxidation sites excluding steroid dienone is 2. The molecule has 2 bridgehead atoms. The molecule has 1 saturated heterocycles. The third kappa shape index (κ3) is 4.69. The monoisotopic (exact) mass is 577 g/mol. The second-order valence-corrected chi connectivity index (χ2v) is 9.02. The Morgan fingerprint density at radius 3 is 2.59 bits per heavy atom. The molecule has 2 aromatic heterocycles. The highest BCUT2D eigenvalue weighted by Crippen LogP contribution is 2.52. The Hall–Kier alpha value is -2.50. The normalized spacial score (nSPS) is 25.2. The molecule has 0 radical (unpaired) electrons. The number of halogens is 1. The van der Waals surface area contributed by atoms with Crippen LogP contribution in [-0.2, 0) is 16.0 Å². The molecule has 3 heterocycles. The van der Waals surface area contributed by atoms with Crippen molar-refractivity contribution in [1.82, 2.24) is 30.1 Å². The van der Waals surface area contributed by atoms with Gasteiger partial charge in [0.1, 0.15) is 5.82 Å². The average molecular weight is 577 g/mol. The van der Waals surface area contributed by atoms with E-state index in [0.717, 1.165) is 49.8 Å². The van der Waals surface area contributed by atoms with Crippen molar-refractivity contribution in [2.45, 2.75) is 32.6 Å². The number of rotatable bonds is 9. The van der Waals surface area contributed by atoms with Crippen LogP contribution in [0.25, 0.3) is 5.65 Å². The van der Waals surface area contributed by atoms with Gasteiger partial charge in [-0.3, -0.25) is 23.9 Å². The second kappa shape index (κ2) is 10.8. The number of aromatic nitrogens is 3. The molecule has 1 aliphatic heterocycles. The summed E-state index contributed by atoms with van der Waals surface area (Å²) in [6.07, 6.45) is 9.59. The SMILES string of the molecule is CCNC(=NCCCN1C(=O)C2C3C=CC(C3)C2C1=O)NCCCc1nnc2ccccn12.I. The van der Waals surface area contributed by atoms with Crippen molar-refractivity contribution in [3.05, 3.63) is 42.4 Å². The highest BCUT2D eigenvalue weighted by atomic mass is 127. The molecule has 182 valence electrons. The van der Waals surface area contributed by atoms with Gasteiger partial charge in [0.25, 0.3) is 0 Å². The number of nitrogens with one attached hydrogen (secondary N) is 2. The van der Waals surface area contributed by atoms with E-state index in [2.05, 4.69) is 38.0 Å². The third-order valence-electron chi connectivity index (χ3n) is 6.97. The molecule has 2 N–H and O–H groups in total. The molecule has 34 heavy (non-hydrogen) atoms. The zero-order valence-corrected chi connectivity index (χ0v) is 21.7. The molecule has 5 rings (SSSR count). The summed E-state index contributed by atoms with van der Waals surface area (Å²) in [5.41, 5.74) is 0.859. The van der Waals surface area contributed by atoms with Crippen LogP contribution in [0.3, 0.4) is 0 Å². The van der Waals surface area contributed by atoms with E-state index < -0.39 is 0 Å². The van der Waals surface area contributed by atoms with Gasteiger partial charge in [0.2, 0.25) is 11.8 Å². The summed E-state index contributed by atoms with van der Waals surface area (Å²) in [4.78, 5) is 31.7. The fourth-order valence-corrected chi connectivity index (χ4v) is 5.46. The van der Waals surface area contributed by atoms with Gasteiger partial charge in [0.05, 0.1) is 11.8 Å². The standard InChI is InChI=1S/C24H31N7O2.HI/c1-2-25-24(26-11-5-8-19-29-28-18-7-3-4-13-30(18)19)27-12-6-14-31-22(32)20-16-9-10-17(15-16)21(20)23(31)33;/h3-4,7,9-10,13,16-17,20-21H,2,5-6,8,11-12,14-15H2,1H3,(H2,25,26,27);1H. The van der Waals surface area contributed by atoms with Crippen LogP contribution in [0.2, 0.25) is 0 Å². The molecule has 0 aromatic carbocycles. The second-order valence-electron chi connectivity index (χ2n) is 9.02. The molecule has 0 spiro atoms. The van der Waals surface area contributed by atoms with Crippen LogP contribution in [0.15, 0.2) is 41.5 Å². The van der Waals surface area contributed by atoms with E-state index >= 15 is 0 Å². The van der Waals surface area contributed by atoms with Gasteiger partial charge >= 0.3 is 0 Å². The first-order valence-electron chi connectivity index (χ1n) is 12.0. The van der Waals surface area contributed by atoms with Gasteiger partial charge in [0.15, 0.2) is 11.6 Å². The number of fused-ring (bicyclic) bond motifs is 6. The molecule has 3 aliphatic rings. The van der Waals surface area contributed by atoms with Crippen molar-refractivity contribution in [1.29, 1.82) is 0 Å². The maximum Gasteiger partial charge on any atom is 0.233 e. The van der Waals surface area contributed by atoms with Crippen LogP contribution in [0, 0.1) is 23.7 Å². The number of likely N-dealkylation sites (tertiary alicyclic amines) is 1. The van der Waals surface area contributed by atoms with Crippen molar-refractivity contribution in [2.24, 2.45) is 28.7 Å². The van der Waals surface area contributed by atoms with Crippen molar-refractivity contribution in [3.8, 4) is 0 Å². The van der Waals surface area contributed by atoms with E-state index in [1.165, 1.54) is 4.90 Å². The third-order valence-corrected chi connectivity index (χ3v) is 6.97. The lowest BCUT2D eigenvalue weighted by molar-refractivity contribution is -0.140. The van der Waals surface area contributed by atoms with Crippen molar-refractivity contribution in [3.63, 3.8) is 0 Å². The number of hydrogen-bond acceptors (Lipinski definition) is 5. The predicted molar refractivity (Wildman–Crippen MR) is 140 cm³/mol. The van der Waals surface area contributed by atoms with Gasteiger partial charge in [-0.1, -0.05) is 18.2 Å². The largest absolute Gasteiger partial charge is 0.357 e. The van der Waals surface area contributed by atoms with E-state index in [0.29, 0.717) is 19.5 Å².